The predicted molar refractivity (Wildman–Crippen MR) is 121 cm³/mol. The molecule has 0 fully saturated rings. The molecular formula is C23H22FIN2O2. The molecule has 1 amide bonds. The van der Waals surface area contributed by atoms with Crippen molar-refractivity contribution in [3.05, 3.63) is 83.2 Å². The van der Waals surface area contributed by atoms with Crippen LogP contribution in [0.5, 0.6) is 5.75 Å². The molecule has 1 aromatic heterocycles. The average Bonchev–Trinajstić information content (AvgIpc) is 2.71. The van der Waals surface area contributed by atoms with E-state index in [0.717, 1.165) is 22.3 Å². The van der Waals surface area contributed by atoms with Gasteiger partial charge in [-0.05, 0) is 77.4 Å². The van der Waals surface area contributed by atoms with Crippen molar-refractivity contribution in [2.24, 2.45) is 0 Å². The first kappa shape index (κ1) is 21.2. The predicted octanol–water partition coefficient (Wildman–Crippen LogP) is 5.57. The molecular weight excluding hydrogens is 482 g/mol. The Morgan fingerprint density at radius 1 is 1.14 bits per heavy atom. The highest BCUT2D eigenvalue weighted by molar-refractivity contribution is 14.1. The summed E-state index contributed by atoms with van der Waals surface area (Å²) in [6.07, 6.45) is 3.54. The van der Waals surface area contributed by atoms with E-state index in [1.165, 1.54) is 6.92 Å². The molecule has 0 spiro atoms. The summed E-state index contributed by atoms with van der Waals surface area (Å²) in [5.74, 6) is 0.571. The number of pyridine rings is 1. The van der Waals surface area contributed by atoms with Gasteiger partial charge in [0.05, 0.1) is 0 Å². The maximum Gasteiger partial charge on any atom is 0.251 e. The van der Waals surface area contributed by atoms with Crippen LogP contribution in [-0.4, -0.2) is 17.9 Å². The van der Waals surface area contributed by atoms with Crippen molar-refractivity contribution in [2.45, 2.75) is 24.1 Å². The van der Waals surface area contributed by atoms with E-state index < -0.39 is 3.68 Å². The van der Waals surface area contributed by atoms with Gasteiger partial charge in [0.15, 0.2) is 3.68 Å². The summed E-state index contributed by atoms with van der Waals surface area (Å²) in [6, 6.07) is 14.7. The summed E-state index contributed by atoms with van der Waals surface area (Å²) < 4.78 is 18.4. The summed E-state index contributed by atoms with van der Waals surface area (Å²) in [7, 11) is 1.62. The van der Waals surface area contributed by atoms with Crippen LogP contribution in [0, 0.1) is 6.92 Å². The lowest BCUT2D eigenvalue weighted by molar-refractivity contribution is 0.0962. The minimum Gasteiger partial charge on any atom is -0.489 e. The zero-order chi connectivity index (χ0) is 21.0. The second-order valence-corrected chi connectivity index (χ2v) is 8.92. The van der Waals surface area contributed by atoms with Gasteiger partial charge in [0, 0.05) is 36.1 Å². The number of benzene rings is 2. The summed E-state index contributed by atoms with van der Waals surface area (Å²) in [5, 5.41) is 2.65. The number of nitrogens with zero attached hydrogens (tertiary/aromatic N) is 1. The van der Waals surface area contributed by atoms with E-state index in [0.29, 0.717) is 23.5 Å². The van der Waals surface area contributed by atoms with Crippen LogP contribution in [0.25, 0.3) is 11.1 Å². The first-order valence-electron chi connectivity index (χ1n) is 9.16. The van der Waals surface area contributed by atoms with Crippen LogP contribution in [0.1, 0.15) is 34.0 Å². The second kappa shape index (κ2) is 8.90. The van der Waals surface area contributed by atoms with E-state index in [-0.39, 0.29) is 5.91 Å². The van der Waals surface area contributed by atoms with Crippen LogP contribution < -0.4 is 10.1 Å². The van der Waals surface area contributed by atoms with E-state index in [2.05, 4.69) is 10.3 Å². The van der Waals surface area contributed by atoms with Gasteiger partial charge in [0.25, 0.3) is 5.91 Å². The molecule has 0 radical (unpaired) electrons. The molecule has 0 bridgehead atoms. The van der Waals surface area contributed by atoms with Crippen LogP contribution in [0.15, 0.2) is 60.9 Å². The van der Waals surface area contributed by atoms with Crippen molar-refractivity contribution in [3.8, 4) is 16.9 Å². The third-order valence-electron chi connectivity index (χ3n) is 4.59. The summed E-state index contributed by atoms with van der Waals surface area (Å²) >= 11 is 1.77. The van der Waals surface area contributed by atoms with Gasteiger partial charge in [-0.25, -0.2) is 4.39 Å². The molecule has 0 aliphatic carbocycles. The molecule has 2 aromatic carbocycles. The Morgan fingerprint density at radius 2 is 1.86 bits per heavy atom. The number of halogens is 2. The van der Waals surface area contributed by atoms with Gasteiger partial charge in [-0.2, -0.15) is 0 Å². The topological polar surface area (TPSA) is 51.2 Å². The SMILES string of the molecule is CNC(=O)c1ccc(-c2cncc(COc3ccc(C(C)(F)I)cc3)c2)cc1C. The van der Waals surface area contributed by atoms with E-state index in [1.54, 1.807) is 66.3 Å². The Morgan fingerprint density at radius 3 is 2.48 bits per heavy atom. The lowest BCUT2D eigenvalue weighted by atomic mass is 10.00. The quantitative estimate of drug-likeness (QED) is 0.353. The zero-order valence-corrected chi connectivity index (χ0v) is 18.7. The number of rotatable bonds is 6. The van der Waals surface area contributed by atoms with Crippen molar-refractivity contribution < 1.29 is 13.9 Å². The van der Waals surface area contributed by atoms with E-state index in [4.69, 9.17) is 4.74 Å². The first-order chi connectivity index (χ1) is 13.8. The molecule has 4 nitrogen and oxygen atoms in total. The molecule has 0 aliphatic heterocycles. The number of hydrogen-bond donors (Lipinski definition) is 1. The molecule has 6 heteroatoms. The molecule has 150 valence electrons. The van der Waals surface area contributed by atoms with Gasteiger partial charge in [-0.15, -0.1) is 0 Å². The Labute approximate surface area is 183 Å². The Balaban J connectivity index is 1.73. The monoisotopic (exact) mass is 504 g/mol. The summed E-state index contributed by atoms with van der Waals surface area (Å²) in [6.45, 7) is 3.78. The number of carbonyl (C=O) groups is 1. The van der Waals surface area contributed by atoms with Crippen molar-refractivity contribution in [3.63, 3.8) is 0 Å². The molecule has 1 N–H and O–H groups in total. The van der Waals surface area contributed by atoms with Gasteiger partial charge < -0.3 is 10.1 Å². The first-order valence-corrected chi connectivity index (χ1v) is 10.2. The number of carbonyl (C=O) groups excluding carboxylic acids is 1. The molecule has 0 saturated carbocycles. The van der Waals surface area contributed by atoms with Gasteiger partial charge in [-0.3, -0.25) is 9.78 Å². The van der Waals surface area contributed by atoms with Gasteiger partial charge in [0.2, 0.25) is 0 Å². The Hall–Kier alpha value is -2.48. The lowest BCUT2D eigenvalue weighted by Crippen LogP contribution is -2.18. The summed E-state index contributed by atoms with van der Waals surface area (Å²) in [4.78, 5) is 16.2. The maximum absolute atomic E-state index is 13.9. The minimum atomic E-state index is -1.40. The number of alkyl halides is 2. The van der Waals surface area contributed by atoms with Crippen LogP contribution in [-0.2, 0) is 10.3 Å². The van der Waals surface area contributed by atoms with Gasteiger partial charge >= 0.3 is 0 Å². The molecule has 3 rings (SSSR count). The molecule has 0 aliphatic rings. The standard InChI is InChI=1S/C23H22FIN2O2/c1-15-10-17(4-9-21(15)22(28)26-3)18-11-16(12-27-13-18)14-29-20-7-5-19(6-8-20)23(2,24)25/h4-13H,14H2,1-3H3,(H,26,28). The molecule has 1 unspecified atom stereocenters. The largest absolute Gasteiger partial charge is 0.489 e. The van der Waals surface area contributed by atoms with Gasteiger partial charge in [0.1, 0.15) is 12.4 Å². The third-order valence-corrected chi connectivity index (χ3v) is 5.22. The fourth-order valence-electron chi connectivity index (χ4n) is 2.97. The number of aromatic nitrogens is 1. The second-order valence-electron chi connectivity index (χ2n) is 6.89. The smallest absolute Gasteiger partial charge is 0.251 e. The molecule has 1 atom stereocenters. The van der Waals surface area contributed by atoms with Crippen molar-refractivity contribution in [2.75, 3.05) is 7.05 Å². The number of aryl methyl sites for hydroxylation is 1. The molecule has 29 heavy (non-hydrogen) atoms. The third kappa shape index (κ3) is 5.32. The normalized spacial score (nSPS) is 12.9. The number of nitrogens with one attached hydrogen (secondary N) is 1. The van der Waals surface area contributed by atoms with Crippen LogP contribution in [0.3, 0.4) is 0 Å². The van der Waals surface area contributed by atoms with Crippen LogP contribution in [0.2, 0.25) is 0 Å². The number of amides is 1. The van der Waals surface area contributed by atoms with Gasteiger partial charge in [-0.1, -0.05) is 24.3 Å². The maximum atomic E-state index is 13.9. The minimum absolute atomic E-state index is 0.101. The van der Waals surface area contributed by atoms with E-state index in [1.807, 2.05) is 31.2 Å². The van der Waals surface area contributed by atoms with E-state index in [9.17, 15) is 9.18 Å². The van der Waals surface area contributed by atoms with Crippen LogP contribution >= 0.6 is 22.6 Å². The molecule has 3 aromatic rings. The van der Waals surface area contributed by atoms with Crippen molar-refractivity contribution >= 4 is 28.5 Å². The summed E-state index contributed by atoms with van der Waals surface area (Å²) in [5.41, 5.74) is 5.01. The highest BCUT2D eigenvalue weighted by Crippen LogP contribution is 2.33. The van der Waals surface area contributed by atoms with Crippen LogP contribution in [0.4, 0.5) is 4.39 Å². The highest BCUT2D eigenvalue weighted by atomic mass is 127. The average molecular weight is 504 g/mol. The Kier molecular flexibility index (Phi) is 6.52. The number of ether oxygens (including phenoxy) is 1. The molecule has 0 saturated heterocycles. The van der Waals surface area contributed by atoms with E-state index >= 15 is 0 Å². The fourth-order valence-corrected chi connectivity index (χ4v) is 3.33. The van der Waals surface area contributed by atoms with Crippen molar-refractivity contribution in [1.29, 1.82) is 0 Å². The fraction of sp³-hybridized carbons (Fsp3) is 0.217. The molecule has 1 heterocycles. The number of hydrogen-bond acceptors (Lipinski definition) is 3. The zero-order valence-electron chi connectivity index (χ0n) is 16.5. The Bertz CT molecular complexity index is 1010. The van der Waals surface area contributed by atoms with Crippen molar-refractivity contribution in [1.82, 2.24) is 10.3 Å². The lowest BCUT2D eigenvalue weighted by Gasteiger charge is -2.13. The highest BCUT2D eigenvalue weighted by Gasteiger charge is 2.20.